The van der Waals surface area contributed by atoms with Crippen LogP contribution in [0, 0.1) is 5.92 Å². The third-order valence-corrected chi connectivity index (χ3v) is 3.06. The molecule has 0 fully saturated rings. The number of fused-ring (bicyclic) bond motifs is 1. The van der Waals surface area contributed by atoms with E-state index in [1.807, 2.05) is 5.38 Å². The second kappa shape index (κ2) is 2.34. The molecule has 3 heteroatoms. The molecule has 1 unspecified atom stereocenters. The van der Waals surface area contributed by atoms with Crippen LogP contribution in [0.2, 0.25) is 0 Å². The zero-order valence-corrected chi connectivity index (χ0v) is 7.06. The molecular formula is C8H9NOS. The van der Waals surface area contributed by atoms with Gasteiger partial charge in [-0.2, -0.15) is 0 Å². The van der Waals surface area contributed by atoms with Gasteiger partial charge >= 0.3 is 0 Å². The first-order chi connectivity index (χ1) is 5.33. The van der Waals surface area contributed by atoms with E-state index in [0.717, 1.165) is 12.1 Å². The summed E-state index contributed by atoms with van der Waals surface area (Å²) in [6.07, 6.45) is 1.03. The summed E-state index contributed by atoms with van der Waals surface area (Å²) in [5, 5.41) is 14.0. The monoisotopic (exact) mass is 167 g/mol. The lowest BCUT2D eigenvalue weighted by Crippen LogP contribution is -2.04. The predicted molar refractivity (Wildman–Crippen MR) is 45.5 cm³/mol. The number of rotatable bonds is 0. The maximum absolute atomic E-state index is 8.70. The van der Waals surface area contributed by atoms with Crippen molar-refractivity contribution in [2.24, 2.45) is 11.1 Å². The van der Waals surface area contributed by atoms with E-state index >= 15 is 0 Å². The van der Waals surface area contributed by atoms with Gasteiger partial charge in [0.2, 0.25) is 0 Å². The van der Waals surface area contributed by atoms with Crippen molar-refractivity contribution in [1.29, 1.82) is 0 Å². The smallest absolute Gasteiger partial charge is 0.100 e. The molecule has 0 bridgehead atoms. The summed E-state index contributed by atoms with van der Waals surface area (Å²) in [4.78, 5) is 1.17. The van der Waals surface area contributed by atoms with Gasteiger partial charge in [0, 0.05) is 5.92 Å². The topological polar surface area (TPSA) is 32.6 Å². The third-order valence-electron chi connectivity index (χ3n) is 2.08. The quantitative estimate of drug-likeness (QED) is 0.466. The molecule has 0 aromatic carbocycles. The molecule has 0 aliphatic heterocycles. The molecule has 1 aliphatic carbocycles. The highest BCUT2D eigenvalue weighted by atomic mass is 32.1. The summed E-state index contributed by atoms with van der Waals surface area (Å²) < 4.78 is 0. The van der Waals surface area contributed by atoms with Crippen molar-refractivity contribution >= 4 is 17.0 Å². The zero-order chi connectivity index (χ0) is 7.84. The van der Waals surface area contributed by atoms with E-state index in [2.05, 4.69) is 18.1 Å². The van der Waals surface area contributed by atoms with Crippen LogP contribution in [-0.2, 0) is 6.42 Å². The highest BCUT2D eigenvalue weighted by Crippen LogP contribution is 2.31. The molecule has 0 amide bonds. The highest BCUT2D eigenvalue weighted by Gasteiger charge is 2.26. The molecule has 0 saturated heterocycles. The standard InChI is InChI=1S/C8H9NOS/c1-5-4-6-2-3-11-8(6)7(5)9-10/h2-3,5,10H,4H2,1H3. The van der Waals surface area contributed by atoms with Gasteiger partial charge in [0.1, 0.15) is 5.71 Å². The minimum atomic E-state index is 0.391. The van der Waals surface area contributed by atoms with Crippen molar-refractivity contribution in [2.75, 3.05) is 0 Å². The van der Waals surface area contributed by atoms with Gasteiger partial charge in [-0.25, -0.2) is 0 Å². The highest BCUT2D eigenvalue weighted by molar-refractivity contribution is 7.12. The molecule has 2 nitrogen and oxygen atoms in total. The summed E-state index contributed by atoms with van der Waals surface area (Å²) in [6, 6.07) is 2.11. The van der Waals surface area contributed by atoms with E-state index in [9.17, 15) is 0 Å². The number of oxime groups is 1. The first-order valence-electron chi connectivity index (χ1n) is 3.61. The maximum atomic E-state index is 8.70. The molecule has 58 valence electrons. The minimum Gasteiger partial charge on any atom is -0.411 e. The van der Waals surface area contributed by atoms with Crippen LogP contribution in [0.15, 0.2) is 16.6 Å². The first-order valence-corrected chi connectivity index (χ1v) is 4.49. The number of thiophene rings is 1. The Balaban J connectivity index is 2.52. The van der Waals surface area contributed by atoms with Crippen molar-refractivity contribution in [3.8, 4) is 0 Å². The summed E-state index contributed by atoms with van der Waals surface area (Å²) >= 11 is 1.66. The van der Waals surface area contributed by atoms with Gasteiger partial charge < -0.3 is 5.21 Å². The fourth-order valence-electron chi connectivity index (χ4n) is 1.52. The lowest BCUT2D eigenvalue weighted by atomic mass is 10.1. The Hall–Kier alpha value is -0.830. The fourth-order valence-corrected chi connectivity index (χ4v) is 2.55. The molecule has 0 saturated carbocycles. The van der Waals surface area contributed by atoms with Crippen LogP contribution in [0.25, 0.3) is 0 Å². The predicted octanol–water partition coefficient (Wildman–Crippen LogP) is 2.12. The Morgan fingerprint density at radius 1 is 1.73 bits per heavy atom. The first kappa shape index (κ1) is 6.85. The van der Waals surface area contributed by atoms with Crippen molar-refractivity contribution in [3.05, 3.63) is 21.9 Å². The third kappa shape index (κ3) is 0.878. The lowest BCUT2D eigenvalue weighted by molar-refractivity contribution is 0.316. The molecule has 2 rings (SSSR count). The van der Waals surface area contributed by atoms with Crippen LogP contribution < -0.4 is 0 Å². The number of hydrogen-bond donors (Lipinski definition) is 1. The maximum Gasteiger partial charge on any atom is 0.100 e. The fraction of sp³-hybridized carbons (Fsp3) is 0.375. The van der Waals surface area contributed by atoms with Gasteiger partial charge in [0.15, 0.2) is 0 Å². The Bertz CT molecular complexity index is 303. The van der Waals surface area contributed by atoms with Crippen molar-refractivity contribution in [3.63, 3.8) is 0 Å². The van der Waals surface area contributed by atoms with Gasteiger partial charge in [0.05, 0.1) is 4.88 Å². The average Bonchev–Trinajstić information content (AvgIpc) is 2.46. The van der Waals surface area contributed by atoms with Crippen molar-refractivity contribution < 1.29 is 5.21 Å². The van der Waals surface area contributed by atoms with Crippen LogP contribution in [0.4, 0.5) is 0 Å². The second-order valence-electron chi connectivity index (χ2n) is 2.87. The molecule has 1 N–H and O–H groups in total. The van der Waals surface area contributed by atoms with E-state index in [1.54, 1.807) is 11.3 Å². The number of hydrogen-bond acceptors (Lipinski definition) is 3. The molecule has 0 radical (unpaired) electrons. The second-order valence-corrected chi connectivity index (χ2v) is 3.78. The molecule has 1 heterocycles. The molecule has 0 spiro atoms. The van der Waals surface area contributed by atoms with E-state index in [1.165, 1.54) is 10.4 Å². The largest absolute Gasteiger partial charge is 0.411 e. The van der Waals surface area contributed by atoms with Gasteiger partial charge in [-0.05, 0) is 23.4 Å². The summed E-state index contributed by atoms with van der Waals surface area (Å²) in [5.41, 5.74) is 2.19. The number of nitrogens with zero attached hydrogens (tertiary/aromatic N) is 1. The molecule has 1 aromatic rings. The minimum absolute atomic E-state index is 0.391. The Morgan fingerprint density at radius 3 is 3.27 bits per heavy atom. The summed E-state index contributed by atoms with van der Waals surface area (Å²) in [6.45, 7) is 2.09. The van der Waals surface area contributed by atoms with Crippen LogP contribution in [0.5, 0.6) is 0 Å². The SMILES string of the molecule is CC1Cc2ccsc2C1=NO. The van der Waals surface area contributed by atoms with E-state index in [0.29, 0.717) is 5.92 Å². The van der Waals surface area contributed by atoms with Gasteiger partial charge in [-0.3, -0.25) is 0 Å². The van der Waals surface area contributed by atoms with E-state index < -0.39 is 0 Å². The molecule has 11 heavy (non-hydrogen) atoms. The Labute approximate surface area is 69.2 Å². The lowest BCUT2D eigenvalue weighted by Gasteiger charge is -1.98. The van der Waals surface area contributed by atoms with Crippen LogP contribution in [0.3, 0.4) is 0 Å². The van der Waals surface area contributed by atoms with Crippen LogP contribution in [-0.4, -0.2) is 10.9 Å². The van der Waals surface area contributed by atoms with Crippen LogP contribution >= 0.6 is 11.3 Å². The molecule has 1 aliphatic rings. The van der Waals surface area contributed by atoms with Gasteiger partial charge in [-0.15, -0.1) is 11.3 Å². The summed E-state index contributed by atoms with van der Waals surface area (Å²) in [7, 11) is 0. The van der Waals surface area contributed by atoms with Crippen molar-refractivity contribution in [1.82, 2.24) is 0 Å². The molecule has 1 aromatic heterocycles. The summed E-state index contributed by atoms with van der Waals surface area (Å²) in [5.74, 6) is 0.391. The molecule has 1 atom stereocenters. The van der Waals surface area contributed by atoms with Gasteiger partial charge in [-0.1, -0.05) is 12.1 Å². The van der Waals surface area contributed by atoms with Gasteiger partial charge in [0.25, 0.3) is 0 Å². The normalized spacial score (nSPS) is 25.9. The van der Waals surface area contributed by atoms with Crippen molar-refractivity contribution in [2.45, 2.75) is 13.3 Å². The zero-order valence-electron chi connectivity index (χ0n) is 6.24. The Kier molecular flexibility index (Phi) is 1.46. The van der Waals surface area contributed by atoms with E-state index in [-0.39, 0.29) is 0 Å². The van der Waals surface area contributed by atoms with Crippen LogP contribution in [0.1, 0.15) is 17.4 Å². The average molecular weight is 167 g/mol. The Morgan fingerprint density at radius 2 is 2.55 bits per heavy atom. The molecular weight excluding hydrogens is 158 g/mol. The van der Waals surface area contributed by atoms with E-state index in [4.69, 9.17) is 5.21 Å².